The molecule has 1 fully saturated rings. The van der Waals surface area contributed by atoms with E-state index in [-0.39, 0.29) is 11.4 Å². The van der Waals surface area contributed by atoms with Gasteiger partial charge < -0.3 is 10.3 Å². The van der Waals surface area contributed by atoms with Crippen molar-refractivity contribution in [2.45, 2.75) is 38.0 Å². The molecule has 0 saturated heterocycles. The lowest BCUT2D eigenvalue weighted by Crippen LogP contribution is -2.23. The zero-order valence-corrected chi connectivity index (χ0v) is 21.8. The van der Waals surface area contributed by atoms with Gasteiger partial charge in [0.2, 0.25) is 18.3 Å². The van der Waals surface area contributed by atoms with Crippen LogP contribution in [0.1, 0.15) is 36.3 Å². The highest BCUT2D eigenvalue weighted by Gasteiger charge is 2.27. The zero-order chi connectivity index (χ0) is 28.5. The van der Waals surface area contributed by atoms with E-state index in [1.54, 1.807) is 30.5 Å². The van der Waals surface area contributed by atoms with Gasteiger partial charge in [0.25, 0.3) is 0 Å². The molecule has 0 aliphatic heterocycles. The first-order chi connectivity index (χ1) is 19.9. The van der Waals surface area contributed by atoms with Gasteiger partial charge in [-0.1, -0.05) is 18.2 Å². The van der Waals surface area contributed by atoms with Crippen LogP contribution in [0.25, 0.3) is 33.5 Å². The van der Waals surface area contributed by atoms with Crippen LogP contribution in [0.4, 0.5) is 23.4 Å². The number of carbonyl (C=O) groups is 1. The molecule has 1 atom stereocenters. The second-order valence-electron chi connectivity index (χ2n) is 10.2. The minimum atomic E-state index is -2.75. The fraction of sp³-hybridized carbons (Fsp3) is 0.226. The molecule has 1 saturated carbocycles. The number of hydrogen-bond acceptors (Lipinski definition) is 4. The van der Waals surface area contributed by atoms with E-state index in [1.807, 2.05) is 6.07 Å². The van der Waals surface area contributed by atoms with E-state index in [4.69, 9.17) is 0 Å². The summed E-state index contributed by atoms with van der Waals surface area (Å²) in [6.45, 7) is 0. The predicted octanol–water partition coefficient (Wildman–Crippen LogP) is 7.30. The lowest BCUT2D eigenvalue weighted by Gasteiger charge is -2.17. The number of aromatic nitrogens is 4. The number of rotatable bonds is 9. The van der Waals surface area contributed by atoms with E-state index in [1.165, 1.54) is 24.4 Å². The normalized spacial score (nSPS) is 14.0. The fourth-order valence-corrected chi connectivity index (χ4v) is 5.10. The van der Waals surface area contributed by atoms with Crippen LogP contribution in [0.15, 0.2) is 73.1 Å². The molecule has 41 heavy (non-hydrogen) atoms. The van der Waals surface area contributed by atoms with E-state index in [0.29, 0.717) is 39.5 Å². The van der Waals surface area contributed by atoms with Crippen molar-refractivity contribution in [1.82, 2.24) is 19.9 Å². The number of benzene rings is 1. The standard InChI is InChI=1S/C31H25F4N5O/c32-21-8-6-18(7-9-21)22(16-24(33)34)31(41)39-26-15-19(10-12-37-26)28-27(23-3-1-2-11-36-23)30-29(40-28)20(13-17-4-5-17)14-25(35)38-30/h1-3,6-12,14-15,17,22,24,40H,4-5,13,16H2,(H,37,39,41). The van der Waals surface area contributed by atoms with Crippen molar-refractivity contribution in [2.75, 3.05) is 5.32 Å². The molecular formula is C31H25F4N5O. The number of aromatic amines is 1. The van der Waals surface area contributed by atoms with Gasteiger partial charge in [-0.2, -0.15) is 4.39 Å². The van der Waals surface area contributed by atoms with E-state index in [2.05, 4.69) is 25.3 Å². The van der Waals surface area contributed by atoms with Crippen LogP contribution in [-0.2, 0) is 11.2 Å². The minimum absolute atomic E-state index is 0.136. The fourth-order valence-electron chi connectivity index (χ4n) is 5.10. The second-order valence-corrected chi connectivity index (χ2v) is 10.2. The van der Waals surface area contributed by atoms with Crippen molar-refractivity contribution in [2.24, 2.45) is 5.92 Å². The molecule has 10 heteroatoms. The molecule has 0 bridgehead atoms. The third-order valence-electron chi connectivity index (χ3n) is 7.24. The molecule has 1 unspecified atom stereocenters. The number of alkyl halides is 2. The number of fused-ring (bicyclic) bond motifs is 1. The first-order valence-corrected chi connectivity index (χ1v) is 13.3. The van der Waals surface area contributed by atoms with Crippen molar-refractivity contribution in [1.29, 1.82) is 0 Å². The maximum absolute atomic E-state index is 14.7. The summed E-state index contributed by atoms with van der Waals surface area (Å²) in [6.07, 6.45) is 2.57. The maximum Gasteiger partial charge on any atom is 0.239 e. The van der Waals surface area contributed by atoms with Crippen LogP contribution in [0.2, 0.25) is 0 Å². The van der Waals surface area contributed by atoms with Gasteiger partial charge in [0.1, 0.15) is 17.2 Å². The molecule has 1 amide bonds. The highest BCUT2D eigenvalue weighted by atomic mass is 19.3. The molecule has 4 heterocycles. The Kier molecular flexibility index (Phi) is 7.21. The number of carbonyl (C=O) groups excluding carboxylic acids is 1. The molecule has 2 N–H and O–H groups in total. The quantitative estimate of drug-likeness (QED) is 0.147. The lowest BCUT2D eigenvalue weighted by atomic mass is 9.95. The summed E-state index contributed by atoms with van der Waals surface area (Å²) in [5.74, 6) is -2.37. The molecule has 1 aliphatic carbocycles. The van der Waals surface area contributed by atoms with E-state index < -0.39 is 36.4 Å². The Morgan fingerprint density at radius 2 is 1.80 bits per heavy atom. The molecule has 0 spiro atoms. The van der Waals surface area contributed by atoms with Gasteiger partial charge in [-0.05, 0) is 78.8 Å². The smallest absolute Gasteiger partial charge is 0.239 e. The minimum Gasteiger partial charge on any atom is -0.352 e. The Morgan fingerprint density at radius 3 is 2.51 bits per heavy atom. The monoisotopic (exact) mass is 559 g/mol. The highest BCUT2D eigenvalue weighted by molar-refractivity contribution is 6.02. The molecule has 1 aromatic carbocycles. The van der Waals surface area contributed by atoms with E-state index in [9.17, 15) is 22.4 Å². The van der Waals surface area contributed by atoms with Crippen LogP contribution in [0, 0.1) is 17.7 Å². The second kappa shape index (κ2) is 11.1. The summed E-state index contributed by atoms with van der Waals surface area (Å²) in [5, 5.41) is 2.64. The van der Waals surface area contributed by atoms with Gasteiger partial charge >= 0.3 is 0 Å². The summed E-state index contributed by atoms with van der Waals surface area (Å²) in [4.78, 5) is 29.5. The third kappa shape index (κ3) is 5.82. The Bertz CT molecular complexity index is 1700. The van der Waals surface area contributed by atoms with Gasteiger partial charge in [-0.25, -0.2) is 23.1 Å². The molecule has 6 rings (SSSR count). The zero-order valence-electron chi connectivity index (χ0n) is 21.8. The van der Waals surface area contributed by atoms with Gasteiger partial charge in [-0.15, -0.1) is 0 Å². The number of amides is 1. The average molecular weight is 560 g/mol. The van der Waals surface area contributed by atoms with Crippen LogP contribution in [-0.4, -0.2) is 32.3 Å². The van der Waals surface area contributed by atoms with Gasteiger partial charge in [0, 0.05) is 24.4 Å². The maximum atomic E-state index is 14.7. The third-order valence-corrected chi connectivity index (χ3v) is 7.24. The summed E-state index contributed by atoms with van der Waals surface area (Å²) in [5.41, 5.74) is 4.66. The van der Waals surface area contributed by atoms with Crippen LogP contribution >= 0.6 is 0 Å². The van der Waals surface area contributed by atoms with Crippen molar-refractivity contribution < 1.29 is 22.4 Å². The molecule has 4 aromatic heterocycles. The number of H-pyrrole nitrogens is 1. The molecule has 6 nitrogen and oxygen atoms in total. The summed E-state index contributed by atoms with van der Waals surface area (Å²) >= 11 is 0. The van der Waals surface area contributed by atoms with Gasteiger partial charge in [0.15, 0.2) is 0 Å². The van der Waals surface area contributed by atoms with Crippen molar-refractivity contribution in [3.8, 4) is 22.5 Å². The lowest BCUT2D eigenvalue weighted by molar-refractivity contribution is -0.118. The first-order valence-electron chi connectivity index (χ1n) is 13.3. The Balaban J connectivity index is 1.40. The SMILES string of the molecule is O=C(Nc1cc(-c2[nH]c3c(CC4CC4)cc(F)nc3c2-c2ccccn2)ccn1)C(CC(F)F)c1ccc(F)cc1. The Morgan fingerprint density at radius 1 is 1.00 bits per heavy atom. The van der Waals surface area contributed by atoms with Crippen molar-refractivity contribution in [3.05, 3.63) is 95.9 Å². The predicted molar refractivity (Wildman–Crippen MR) is 147 cm³/mol. The Labute approximate surface area is 232 Å². The molecule has 0 radical (unpaired) electrons. The number of hydrogen-bond donors (Lipinski definition) is 2. The average Bonchev–Trinajstić information content (AvgIpc) is 3.69. The van der Waals surface area contributed by atoms with E-state index >= 15 is 0 Å². The van der Waals surface area contributed by atoms with Crippen molar-refractivity contribution >= 4 is 22.8 Å². The number of pyridine rings is 3. The number of nitrogens with zero attached hydrogens (tertiary/aromatic N) is 3. The summed E-state index contributed by atoms with van der Waals surface area (Å²) in [6, 6.07) is 15.1. The molecule has 1 aliphatic rings. The highest BCUT2D eigenvalue weighted by Crippen LogP contribution is 2.40. The van der Waals surface area contributed by atoms with E-state index in [0.717, 1.165) is 37.0 Å². The summed E-state index contributed by atoms with van der Waals surface area (Å²) in [7, 11) is 0. The van der Waals surface area contributed by atoms with Crippen LogP contribution in [0.3, 0.4) is 0 Å². The Hall–Kier alpha value is -4.60. The topological polar surface area (TPSA) is 83.6 Å². The molecule has 208 valence electrons. The number of halogens is 4. The molecule has 5 aromatic rings. The largest absolute Gasteiger partial charge is 0.352 e. The summed E-state index contributed by atoms with van der Waals surface area (Å²) < 4.78 is 54.9. The van der Waals surface area contributed by atoms with Gasteiger partial charge in [0.05, 0.1) is 28.4 Å². The number of nitrogens with one attached hydrogen (secondary N) is 2. The van der Waals surface area contributed by atoms with Crippen LogP contribution < -0.4 is 5.32 Å². The van der Waals surface area contributed by atoms with Crippen LogP contribution in [0.5, 0.6) is 0 Å². The first kappa shape index (κ1) is 26.6. The van der Waals surface area contributed by atoms with Crippen molar-refractivity contribution in [3.63, 3.8) is 0 Å². The molecular weight excluding hydrogens is 534 g/mol. The van der Waals surface area contributed by atoms with Gasteiger partial charge in [-0.3, -0.25) is 9.78 Å². The number of anilines is 1.